The van der Waals surface area contributed by atoms with E-state index in [9.17, 15) is 9.59 Å². The molecule has 3 aromatic rings. The molecule has 2 aliphatic rings. The average Bonchev–Trinajstić information content (AvgIpc) is 3.47. The zero-order valence-corrected chi connectivity index (χ0v) is 20.7. The fourth-order valence-electron chi connectivity index (χ4n) is 4.58. The van der Waals surface area contributed by atoms with Crippen molar-refractivity contribution in [2.45, 2.75) is 44.6 Å². The van der Waals surface area contributed by atoms with Crippen LogP contribution in [-0.4, -0.2) is 52.3 Å². The second-order valence-corrected chi connectivity index (χ2v) is 9.09. The normalized spacial score (nSPS) is 15.7. The fraction of sp³-hybridized carbons (Fsp3) is 0.321. The Morgan fingerprint density at radius 1 is 1.00 bits per heavy atom. The van der Waals surface area contributed by atoms with Gasteiger partial charge in [0.15, 0.2) is 11.5 Å². The Bertz CT molecular complexity index is 1290. The number of amides is 2. The summed E-state index contributed by atoms with van der Waals surface area (Å²) in [5.74, 6) is 0.858. The summed E-state index contributed by atoms with van der Waals surface area (Å²) in [6.07, 6.45) is 10.6. The number of nitrogens with zero attached hydrogens (tertiary/aromatic N) is 4. The number of nitrogens with one attached hydrogen (secondary N) is 1. The van der Waals surface area contributed by atoms with Gasteiger partial charge in [0.1, 0.15) is 5.69 Å². The lowest BCUT2D eigenvalue weighted by molar-refractivity contribution is 0.0751. The molecule has 1 fully saturated rings. The van der Waals surface area contributed by atoms with Crippen LogP contribution in [0.2, 0.25) is 0 Å². The highest BCUT2D eigenvalue weighted by atomic mass is 16.5. The van der Waals surface area contributed by atoms with E-state index < -0.39 is 0 Å². The highest BCUT2D eigenvalue weighted by Gasteiger charge is 2.23. The minimum Gasteiger partial charge on any atom is -0.493 e. The predicted octanol–water partition coefficient (Wildman–Crippen LogP) is 4.70. The molecule has 0 atom stereocenters. The molecule has 1 N–H and O–H groups in total. The zero-order chi connectivity index (χ0) is 25.6. The van der Waals surface area contributed by atoms with Crippen molar-refractivity contribution in [3.05, 3.63) is 77.9 Å². The highest BCUT2D eigenvalue weighted by Crippen LogP contribution is 2.33. The smallest absolute Gasteiger partial charge is 0.275 e. The molecule has 190 valence electrons. The van der Waals surface area contributed by atoms with E-state index >= 15 is 0 Å². The van der Waals surface area contributed by atoms with Crippen LogP contribution in [0.1, 0.15) is 64.9 Å². The first-order valence-corrected chi connectivity index (χ1v) is 12.5. The van der Waals surface area contributed by atoms with Crippen LogP contribution < -0.4 is 14.8 Å². The second kappa shape index (κ2) is 11.2. The summed E-state index contributed by atoms with van der Waals surface area (Å²) in [5, 5.41) is 8.95. The van der Waals surface area contributed by atoms with Gasteiger partial charge < -0.3 is 14.8 Å². The van der Waals surface area contributed by atoms with Crippen molar-refractivity contribution in [1.29, 1.82) is 0 Å². The van der Waals surface area contributed by atoms with Crippen molar-refractivity contribution < 1.29 is 19.1 Å². The maximum Gasteiger partial charge on any atom is 0.275 e. The summed E-state index contributed by atoms with van der Waals surface area (Å²) in [6, 6.07) is 12.6. The topological polar surface area (TPSA) is 106 Å². The molecule has 1 aromatic heterocycles. The molecular weight excluding hydrogens is 470 g/mol. The van der Waals surface area contributed by atoms with Crippen molar-refractivity contribution in [1.82, 2.24) is 15.0 Å². The highest BCUT2D eigenvalue weighted by molar-refractivity contribution is 6.04. The van der Waals surface area contributed by atoms with Gasteiger partial charge in [-0.25, -0.2) is 9.99 Å². The van der Waals surface area contributed by atoms with Gasteiger partial charge in [0.25, 0.3) is 11.8 Å². The van der Waals surface area contributed by atoms with Crippen LogP contribution in [0.5, 0.6) is 11.5 Å². The maximum atomic E-state index is 13.2. The number of aromatic nitrogens is 2. The number of hydrogen-bond donors (Lipinski definition) is 1. The molecule has 2 amide bonds. The monoisotopic (exact) mass is 499 g/mol. The number of methoxy groups -OCH3 is 1. The van der Waals surface area contributed by atoms with Gasteiger partial charge in [-0.15, -0.1) is 0 Å². The van der Waals surface area contributed by atoms with Crippen molar-refractivity contribution in [2.24, 2.45) is 5.10 Å². The predicted molar refractivity (Wildman–Crippen MR) is 139 cm³/mol. The Balaban J connectivity index is 1.29. The van der Waals surface area contributed by atoms with Crippen molar-refractivity contribution in [3.63, 3.8) is 0 Å². The largest absolute Gasteiger partial charge is 0.493 e. The summed E-state index contributed by atoms with van der Waals surface area (Å²) < 4.78 is 11.8. The lowest BCUT2D eigenvalue weighted by atomic mass is 10.0. The Hall–Kier alpha value is -4.27. The molecule has 1 aliphatic carbocycles. The summed E-state index contributed by atoms with van der Waals surface area (Å²) >= 11 is 0. The first kappa shape index (κ1) is 24.4. The van der Waals surface area contributed by atoms with Gasteiger partial charge in [-0.3, -0.25) is 14.6 Å². The fourth-order valence-corrected chi connectivity index (χ4v) is 4.58. The van der Waals surface area contributed by atoms with Crippen LogP contribution in [0.4, 0.5) is 5.69 Å². The minimum absolute atomic E-state index is 0.194. The zero-order valence-electron chi connectivity index (χ0n) is 20.7. The van der Waals surface area contributed by atoms with Crippen LogP contribution in [0.25, 0.3) is 0 Å². The van der Waals surface area contributed by atoms with Gasteiger partial charge in [0.2, 0.25) is 0 Å². The van der Waals surface area contributed by atoms with E-state index in [2.05, 4.69) is 20.4 Å². The van der Waals surface area contributed by atoms with E-state index in [4.69, 9.17) is 9.47 Å². The average molecular weight is 500 g/mol. The molecule has 1 saturated carbocycles. The summed E-state index contributed by atoms with van der Waals surface area (Å²) in [7, 11) is 1.64. The van der Waals surface area contributed by atoms with Crippen LogP contribution in [0, 0.1) is 0 Å². The molecule has 0 unspecified atom stereocenters. The van der Waals surface area contributed by atoms with Crippen LogP contribution in [-0.2, 0) is 0 Å². The minimum atomic E-state index is -0.367. The van der Waals surface area contributed by atoms with Gasteiger partial charge in [-0.2, -0.15) is 5.10 Å². The lowest BCUT2D eigenvalue weighted by Crippen LogP contribution is -2.32. The first-order chi connectivity index (χ1) is 18.1. The summed E-state index contributed by atoms with van der Waals surface area (Å²) in [4.78, 5) is 33.4. The molecular formula is C28H29N5O4. The molecule has 0 bridgehead atoms. The molecule has 37 heavy (non-hydrogen) atoms. The Labute approximate surface area is 215 Å². The number of carbonyl (C=O) groups is 2. The third-order valence-corrected chi connectivity index (χ3v) is 6.54. The summed E-state index contributed by atoms with van der Waals surface area (Å²) in [6.45, 7) is 0.537. The molecule has 0 saturated heterocycles. The molecule has 0 radical (unpaired) electrons. The van der Waals surface area contributed by atoms with E-state index in [0.29, 0.717) is 23.5 Å². The van der Waals surface area contributed by atoms with Gasteiger partial charge in [-0.1, -0.05) is 0 Å². The third-order valence-electron chi connectivity index (χ3n) is 6.54. The Morgan fingerprint density at radius 3 is 2.54 bits per heavy atom. The van der Waals surface area contributed by atoms with E-state index in [1.54, 1.807) is 31.4 Å². The van der Waals surface area contributed by atoms with Crippen molar-refractivity contribution in [3.8, 4) is 11.5 Å². The van der Waals surface area contributed by atoms with E-state index in [0.717, 1.165) is 42.7 Å². The van der Waals surface area contributed by atoms with E-state index in [1.165, 1.54) is 36.4 Å². The summed E-state index contributed by atoms with van der Waals surface area (Å²) in [5.41, 5.74) is 3.03. The van der Waals surface area contributed by atoms with Crippen LogP contribution in [0.15, 0.2) is 66.2 Å². The van der Waals surface area contributed by atoms with Gasteiger partial charge >= 0.3 is 0 Å². The standard InChI is InChI=1S/C28H29N5O4/c1-36-25-13-10-20(17-26(25)37-22-5-2-3-6-22)23-7-4-16-33(32-23)28(35)19-8-11-21(12-9-19)31-27(34)24-18-29-14-15-30-24/h8-15,17-18,22H,2-7,16H2,1H3,(H,31,34). The first-order valence-electron chi connectivity index (χ1n) is 12.5. The lowest BCUT2D eigenvalue weighted by Gasteiger charge is -2.24. The maximum absolute atomic E-state index is 13.2. The van der Waals surface area contributed by atoms with Gasteiger partial charge in [0, 0.05) is 35.8 Å². The second-order valence-electron chi connectivity index (χ2n) is 9.09. The van der Waals surface area contributed by atoms with E-state index in [-0.39, 0.29) is 23.6 Å². The SMILES string of the molecule is COc1ccc(C2=NN(C(=O)c3ccc(NC(=O)c4cnccn4)cc3)CCC2)cc1OC1CCCC1. The molecule has 2 aromatic carbocycles. The molecule has 2 heterocycles. The number of anilines is 1. The van der Waals surface area contributed by atoms with Crippen molar-refractivity contribution >= 4 is 23.2 Å². The van der Waals surface area contributed by atoms with Crippen LogP contribution in [0.3, 0.4) is 0 Å². The quantitative estimate of drug-likeness (QED) is 0.505. The number of hydrazone groups is 1. The molecule has 0 spiro atoms. The van der Waals surface area contributed by atoms with Crippen molar-refractivity contribution in [2.75, 3.05) is 19.0 Å². The molecule has 9 nitrogen and oxygen atoms in total. The van der Waals surface area contributed by atoms with Gasteiger partial charge in [0.05, 0.1) is 25.1 Å². The Kier molecular flexibility index (Phi) is 7.39. The number of rotatable bonds is 7. The number of ether oxygens (including phenoxy) is 2. The van der Waals surface area contributed by atoms with Gasteiger partial charge in [-0.05, 0) is 81.0 Å². The number of benzene rings is 2. The Morgan fingerprint density at radius 2 is 1.81 bits per heavy atom. The number of hydrogen-bond acceptors (Lipinski definition) is 7. The van der Waals surface area contributed by atoms with E-state index in [1.807, 2.05) is 18.2 Å². The van der Waals surface area contributed by atoms with Crippen LogP contribution >= 0.6 is 0 Å². The third kappa shape index (κ3) is 5.77. The number of carbonyl (C=O) groups excluding carboxylic acids is 2. The molecule has 5 rings (SSSR count). The molecule has 9 heteroatoms. The molecule has 1 aliphatic heterocycles.